The van der Waals surface area contributed by atoms with E-state index >= 15 is 0 Å². The Hall–Kier alpha value is -2.21. The normalized spacial score (nSPS) is 10.6. The van der Waals surface area contributed by atoms with Gasteiger partial charge in [-0.2, -0.15) is 0 Å². The van der Waals surface area contributed by atoms with Crippen molar-refractivity contribution in [2.45, 2.75) is 13.1 Å². The molecule has 0 aliphatic heterocycles. The highest BCUT2D eigenvalue weighted by Gasteiger charge is 2.10. The minimum Gasteiger partial charge on any atom is -0.350 e. The molecule has 0 aliphatic carbocycles. The Labute approximate surface area is 109 Å². The van der Waals surface area contributed by atoms with Gasteiger partial charge in [0, 0.05) is 31.5 Å². The molecule has 0 unspecified atom stereocenters. The van der Waals surface area contributed by atoms with Crippen molar-refractivity contribution in [2.24, 2.45) is 0 Å². The number of rotatable bonds is 5. The van der Waals surface area contributed by atoms with Gasteiger partial charge in [-0.05, 0) is 30.3 Å². The molecule has 0 saturated heterocycles. The van der Waals surface area contributed by atoms with Crippen LogP contribution in [0.4, 0.5) is 10.1 Å². The molecule has 0 atom stereocenters. The lowest BCUT2D eigenvalue weighted by atomic mass is 10.2. The van der Waals surface area contributed by atoms with E-state index in [-0.39, 0.29) is 5.69 Å². The average Bonchev–Trinajstić information content (AvgIpc) is 2.76. The quantitative estimate of drug-likeness (QED) is 0.665. The monoisotopic (exact) mass is 263 g/mol. The zero-order chi connectivity index (χ0) is 13.8. The van der Waals surface area contributed by atoms with Crippen molar-refractivity contribution >= 4 is 5.69 Å². The highest BCUT2D eigenvalue weighted by Crippen LogP contribution is 2.17. The fourth-order valence-electron chi connectivity index (χ4n) is 1.94. The Kier molecular flexibility index (Phi) is 3.91. The van der Waals surface area contributed by atoms with Gasteiger partial charge in [-0.1, -0.05) is 0 Å². The highest BCUT2D eigenvalue weighted by molar-refractivity contribution is 5.35. The van der Waals surface area contributed by atoms with E-state index in [2.05, 4.69) is 5.32 Å². The molecule has 2 aromatic rings. The van der Waals surface area contributed by atoms with Crippen LogP contribution in [0.3, 0.4) is 0 Å². The number of hydrogen-bond acceptors (Lipinski definition) is 3. The highest BCUT2D eigenvalue weighted by atomic mass is 19.1. The second-order valence-electron chi connectivity index (χ2n) is 4.30. The minimum absolute atomic E-state index is 0.224. The predicted octanol–water partition coefficient (Wildman–Crippen LogP) is 2.30. The fraction of sp³-hybridized carbons (Fsp3) is 0.231. The summed E-state index contributed by atoms with van der Waals surface area (Å²) in [6, 6.07) is 5.57. The Bertz CT molecular complexity index is 595. The number of nitrogens with zero attached hydrogens (tertiary/aromatic N) is 2. The molecule has 0 fully saturated rings. The van der Waals surface area contributed by atoms with Crippen LogP contribution in [0.25, 0.3) is 0 Å². The molecular weight excluding hydrogens is 249 g/mol. The second kappa shape index (κ2) is 5.62. The maximum Gasteiger partial charge on any atom is 0.272 e. The van der Waals surface area contributed by atoms with Gasteiger partial charge in [-0.25, -0.2) is 4.39 Å². The van der Waals surface area contributed by atoms with Crippen LogP contribution in [-0.2, 0) is 13.1 Å². The van der Waals surface area contributed by atoms with Gasteiger partial charge >= 0.3 is 0 Å². The topological polar surface area (TPSA) is 60.1 Å². The second-order valence-corrected chi connectivity index (χ2v) is 4.30. The van der Waals surface area contributed by atoms with E-state index in [1.807, 2.05) is 30.1 Å². The molecule has 1 N–H and O–H groups in total. The molecule has 6 heteroatoms. The summed E-state index contributed by atoms with van der Waals surface area (Å²) in [5.41, 5.74) is 1.45. The van der Waals surface area contributed by atoms with Crippen LogP contribution in [0.1, 0.15) is 11.1 Å². The SMILES string of the molecule is CNCc1ccn(Cc2cc(F)cc([N+](=O)[O-])c2)c1. The minimum atomic E-state index is -0.591. The Morgan fingerprint density at radius 3 is 2.84 bits per heavy atom. The van der Waals surface area contributed by atoms with E-state index in [1.165, 1.54) is 12.1 Å². The lowest BCUT2D eigenvalue weighted by molar-refractivity contribution is -0.385. The Balaban J connectivity index is 2.19. The van der Waals surface area contributed by atoms with Crippen molar-refractivity contribution in [1.82, 2.24) is 9.88 Å². The maximum absolute atomic E-state index is 13.3. The molecule has 5 nitrogen and oxygen atoms in total. The summed E-state index contributed by atoms with van der Waals surface area (Å²) < 4.78 is 15.2. The fourth-order valence-corrected chi connectivity index (χ4v) is 1.94. The van der Waals surface area contributed by atoms with Gasteiger partial charge < -0.3 is 9.88 Å². The lowest BCUT2D eigenvalue weighted by Crippen LogP contribution is -2.04. The van der Waals surface area contributed by atoms with Crippen LogP contribution in [0.15, 0.2) is 36.7 Å². The first-order chi connectivity index (χ1) is 9.08. The first kappa shape index (κ1) is 13.2. The molecule has 1 heterocycles. The zero-order valence-corrected chi connectivity index (χ0v) is 10.5. The van der Waals surface area contributed by atoms with Crippen LogP contribution in [-0.4, -0.2) is 16.5 Å². The van der Waals surface area contributed by atoms with Crippen molar-refractivity contribution in [3.05, 3.63) is 63.7 Å². The first-order valence-corrected chi connectivity index (χ1v) is 5.81. The zero-order valence-electron chi connectivity index (χ0n) is 10.5. The molecule has 0 amide bonds. The molecule has 0 radical (unpaired) electrons. The number of halogens is 1. The summed E-state index contributed by atoms with van der Waals surface area (Å²) in [7, 11) is 1.85. The van der Waals surface area contributed by atoms with Gasteiger partial charge in [0.25, 0.3) is 5.69 Å². The average molecular weight is 263 g/mol. The third-order valence-electron chi connectivity index (χ3n) is 2.71. The molecule has 0 saturated carbocycles. The summed E-state index contributed by atoms with van der Waals surface area (Å²) in [5.74, 6) is -0.591. The standard InChI is InChI=1S/C13H14FN3O2/c1-15-7-10-2-3-16(8-10)9-11-4-12(14)6-13(5-11)17(18)19/h2-6,8,15H,7,9H2,1H3. The summed E-state index contributed by atoms with van der Waals surface area (Å²) in [6.45, 7) is 1.15. The molecule has 100 valence electrons. The smallest absolute Gasteiger partial charge is 0.272 e. The van der Waals surface area contributed by atoms with Crippen LogP contribution in [0.5, 0.6) is 0 Å². The first-order valence-electron chi connectivity index (χ1n) is 5.81. The van der Waals surface area contributed by atoms with E-state index in [9.17, 15) is 14.5 Å². The number of benzene rings is 1. The molecule has 0 bridgehead atoms. The molecule has 1 aromatic heterocycles. The van der Waals surface area contributed by atoms with E-state index in [1.54, 1.807) is 0 Å². The lowest BCUT2D eigenvalue weighted by Gasteiger charge is -2.04. The van der Waals surface area contributed by atoms with Gasteiger partial charge in [0.15, 0.2) is 0 Å². The van der Waals surface area contributed by atoms with Gasteiger partial charge in [-0.3, -0.25) is 10.1 Å². The molecule has 2 rings (SSSR count). The van der Waals surface area contributed by atoms with Crippen molar-refractivity contribution in [2.75, 3.05) is 7.05 Å². The number of aromatic nitrogens is 1. The van der Waals surface area contributed by atoms with Gasteiger partial charge in [0.05, 0.1) is 11.0 Å². The third kappa shape index (κ3) is 3.38. The summed E-state index contributed by atoms with van der Waals surface area (Å²) in [5, 5.41) is 13.7. The van der Waals surface area contributed by atoms with Crippen LogP contribution >= 0.6 is 0 Å². The number of non-ortho nitro benzene ring substituents is 1. The summed E-state index contributed by atoms with van der Waals surface area (Å²) >= 11 is 0. The van der Waals surface area contributed by atoms with E-state index in [0.29, 0.717) is 12.1 Å². The maximum atomic E-state index is 13.3. The van der Waals surface area contributed by atoms with E-state index < -0.39 is 10.7 Å². The van der Waals surface area contributed by atoms with Crippen molar-refractivity contribution in [3.8, 4) is 0 Å². The Morgan fingerprint density at radius 1 is 1.37 bits per heavy atom. The van der Waals surface area contributed by atoms with Crippen LogP contribution in [0.2, 0.25) is 0 Å². The van der Waals surface area contributed by atoms with Gasteiger partial charge in [-0.15, -0.1) is 0 Å². The van der Waals surface area contributed by atoms with E-state index in [4.69, 9.17) is 0 Å². The van der Waals surface area contributed by atoms with Gasteiger partial charge in [0.1, 0.15) is 5.82 Å². The number of nitrogens with one attached hydrogen (secondary N) is 1. The number of hydrogen-bond donors (Lipinski definition) is 1. The van der Waals surface area contributed by atoms with Gasteiger partial charge in [0.2, 0.25) is 0 Å². The van der Waals surface area contributed by atoms with Crippen molar-refractivity contribution in [3.63, 3.8) is 0 Å². The van der Waals surface area contributed by atoms with Crippen LogP contribution < -0.4 is 5.32 Å². The predicted molar refractivity (Wildman–Crippen MR) is 69.4 cm³/mol. The molecular formula is C13H14FN3O2. The van der Waals surface area contributed by atoms with Crippen LogP contribution in [0, 0.1) is 15.9 Å². The molecule has 19 heavy (non-hydrogen) atoms. The third-order valence-corrected chi connectivity index (χ3v) is 2.71. The largest absolute Gasteiger partial charge is 0.350 e. The Morgan fingerprint density at radius 2 is 2.16 bits per heavy atom. The van der Waals surface area contributed by atoms with E-state index in [0.717, 1.165) is 18.2 Å². The van der Waals surface area contributed by atoms with Crippen molar-refractivity contribution in [1.29, 1.82) is 0 Å². The van der Waals surface area contributed by atoms with Crippen molar-refractivity contribution < 1.29 is 9.31 Å². The number of nitro benzene ring substituents is 1. The summed E-state index contributed by atoms with van der Waals surface area (Å²) in [6.07, 6.45) is 3.79. The molecule has 0 aliphatic rings. The molecule has 1 aromatic carbocycles. The number of nitro groups is 1. The summed E-state index contributed by atoms with van der Waals surface area (Å²) in [4.78, 5) is 10.1. The molecule has 0 spiro atoms.